The molecule has 24 heavy (non-hydrogen) atoms. The number of ether oxygens (including phenoxy) is 1. The lowest BCUT2D eigenvalue weighted by atomic mass is 9.82. The maximum atomic E-state index is 5.25. The van der Waals surface area contributed by atoms with E-state index in [2.05, 4.69) is 22.0 Å². The van der Waals surface area contributed by atoms with E-state index in [-0.39, 0.29) is 0 Å². The Morgan fingerprint density at radius 2 is 1.88 bits per heavy atom. The normalized spacial score (nSPS) is 31.5. The second-order valence-corrected chi connectivity index (χ2v) is 7.73. The van der Waals surface area contributed by atoms with Gasteiger partial charge in [0.2, 0.25) is 0 Å². The van der Waals surface area contributed by atoms with E-state index in [4.69, 9.17) is 9.73 Å². The fourth-order valence-corrected chi connectivity index (χ4v) is 4.80. The molecular formula is C19H36N4O. The number of nitrogens with zero attached hydrogens (tertiary/aromatic N) is 3. The molecule has 3 fully saturated rings. The summed E-state index contributed by atoms with van der Waals surface area (Å²) in [5, 5.41) is 3.55. The molecule has 2 aliphatic heterocycles. The molecule has 3 unspecified atom stereocenters. The Bertz CT molecular complexity index is 400. The van der Waals surface area contributed by atoms with Crippen LogP contribution in [0.3, 0.4) is 0 Å². The van der Waals surface area contributed by atoms with E-state index in [1.54, 1.807) is 7.11 Å². The smallest absolute Gasteiger partial charge is 0.193 e. The van der Waals surface area contributed by atoms with Crippen LogP contribution in [0.4, 0.5) is 0 Å². The van der Waals surface area contributed by atoms with E-state index >= 15 is 0 Å². The van der Waals surface area contributed by atoms with E-state index in [9.17, 15) is 0 Å². The topological polar surface area (TPSA) is 40.1 Å². The van der Waals surface area contributed by atoms with Crippen LogP contribution in [-0.2, 0) is 4.74 Å². The van der Waals surface area contributed by atoms with Crippen molar-refractivity contribution in [3.63, 3.8) is 0 Å². The Labute approximate surface area is 147 Å². The molecule has 2 heterocycles. The molecule has 138 valence electrons. The van der Waals surface area contributed by atoms with Crippen LogP contribution < -0.4 is 5.32 Å². The zero-order valence-electron chi connectivity index (χ0n) is 15.7. The van der Waals surface area contributed by atoms with Gasteiger partial charge < -0.3 is 15.0 Å². The molecule has 1 N–H and O–H groups in total. The lowest BCUT2D eigenvalue weighted by Crippen LogP contribution is -2.42. The summed E-state index contributed by atoms with van der Waals surface area (Å²) in [5.41, 5.74) is 0. The van der Waals surface area contributed by atoms with Crippen molar-refractivity contribution in [2.24, 2.45) is 16.8 Å². The first kappa shape index (κ1) is 18.0. The lowest BCUT2D eigenvalue weighted by Gasteiger charge is -2.25. The molecule has 0 spiro atoms. The number of nitrogens with one attached hydrogen (secondary N) is 1. The van der Waals surface area contributed by atoms with Crippen LogP contribution >= 0.6 is 0 Å². The second-order valence-electron chi connectivity index (χ2n) is 7.73. The zero-order chi connectivity index (χ0) is 16.8. The number of hydrogen-bond donors (Lipinski definition) is 1. The Morgan fingerprint density at radius 3 is 2.54 bits per heavy atom. The van der Waals surface area contributed by atoms with Crippen LogP contribution in [0.1, 0.15) is 45.4 Å². The fourth-order valence-electron chi connectivity index (χ4n) is 4.80. The highest BCUT2D eigenvalue weighted by Crippen LogP contribution is 2.36. The van der Waals surface area contributed by atoms with E-state index in [0.29, 0.717) is 6.04 Å². The molecule has 5 heteroatoms. The Morgan fingerprint density at radius 1 is 1.12 bits per heavy atom. The van der Waals surface area contributed by atoms with E-state index < -0.39 is 0 Å². The third-order valence-electron chi connectivity index (χ3n) is 6.14. The first-order valence-corrected chi connectivity index (χ1v) is 10.1. The number of rotatable bonds is 6. The van der Waals surface area contributed by atoms with Gasteiger partial charge in [0.05, 0.1) is 13.2 Å². The number of fused-ring (bicyclic) bond motifs is 1. The highest BCUT2D eigenvalue weighted by atomic mass is 16.5. The molecule has 0 aromatic rings. The Kier molecular flexibility index (Phi) is 6.78. The first-order chi connectivity index (χ1) is 11.8. The molecule has 1 aliphatic carbocycles. The highest BCUT2D eigenvalue weighted by molar-refractivity contribution is 5.80. The van der Waals surface area contributed by atoms with Crippen molar-refractivity contribution in [3.05, 3.63) is 0 Å². The summed E-state index contributed by atoms with van der Waals surface area (Å²) in [7, 11) is 1.79. The maximum absolute atomic E-state index is 5.25. The number of likely N-dealkylation sites (tertiary alicyclic amines) is 2. The summed E-state index contributed by atoms with van der Waals surface area (Å²) in [6.07, 6.45) is 8.28. The van der Waals surface area contributed by atoms with Gasteiger partial charge in [0.15, 0.2) is 5.96 Å². The number of aliphatic imine (C=N–C) groups is 1. The van der Waals surface area contributed by atoms with Crippen LogP contribution in [0.2, 0.25) is 0 Å². The largest absolute Gasteiger partial charge is 0.383 e. The molecule has 3 atom stereocenters. The summed E-state index contributed by atoms with van der Waals surface area (Å²) in [6.45, 7) is 9.58. The molecule has 0 bridgehead atoms. The molecule has 0 aromatic heterocycles. The van der Waals surface area contributed by atoms with E-state index in [0.717, 1.165) is 44.0 Å². The average Bonchev–Trinajstić information content (AvgIpc) is 3.23. The minimum atomic E-state index is 0.596. The summed E-state index contributed by atoms with van der Waals surface area (Å²) < 4.78 is 5.25. The minimum absolute atomic E-state index is 0.596. The second kappa shape index (κ2) is 9.04. The van der Waals surface area contributed by atoms with E-state index in [1.165, 1.54) is 58.2 Å². The average molecular weight is 337 g/mol. The fraction of sp³-hybridized carbons (Fsp3) is 0.947. The van der Waals surface area contributed by atoms with Gasteiger partial charge in [-0.25, -0.2) is 0 Å². The highest BCUT2D eigenvalue weighted by Gasteiger charge is 2.35. The monoisotopic (exact) mass is 336 g/mol. The van der Waals surface area contributed by atoms with Crippen molar-refractivity contribution in [2.45, 2.75) is 51.5 Å². The van der Waals surface area contributed by atoms with Gasteiger partial charge in [-0.15, -0.1) is 0 Å². The summed E-state index contributed by atoms with van der Waals surface area (Å²) in [5.74, 6) is 2.98. The van der Waals surface area contributed by atoms with Crippen molar-refractivity contribution in [1.82, 2.24) is 15.1 Å². The molecule has 5 nitrogen and oxygen atoms in total. The van der Waals surface area contributed by atoms with Crippen molar-refractivity contribution in [3.8, 4) is 0 Å². The van der Waals surface area contributed by atoms with Crippen LogP contribution in [0, 0.1) is 11.8 Å². The molecule has 0 radical (unpaired) electrons. The quantitative estimate of drug-likeness (QED) is 0.596. The standard InChI is InChI=1S/C19H36N4O/c1-3-20-19(23-14-16-7-4-5-8-17(16)15-23)21-13-18-9-6-10-22(18)11-12-24-2/h16-18H,3-15H2,1-2H3,(H,20,21). The summed E-state index contributed by atoms with van der Waals surface area (Å²) in [4.78, 5) is 10.1. The first-order valence-electron chi connectivity index (χ1n) is 10.1. The zero-order valence-corrected chi connectivity index (χ0v) is 15.7. The van der Waals surface area contributed by atoms with Gasteiger partial charge in [0.25, 0.3) is 0 Å². The Hall–Kier alpha value is -0.810. The summed E-state index contributed by atoms with van der Waals surface area (Å²) >= 11 is 0. The predicted octanol–water partition coefficient (Wildman–Crippen LogP) is 2.18. The van der Waals surface area contributed by atoms with Crippen LogP contribution in [-0.4, -0.2) is 74.8 Å². The predicted molar refractivity (Wildman–Crippen MR) is 99.5 cm³/mol. The van der Waals surface area contributed by atoms with Gasteiger partial charge >= 0.3 is 0 Å². The maximum Gasteiger partial charge on any atom is 0.193 e. The molecule has 0 amide bonds. The van der Waals surface area contributed by atoms with Crippen molar-refractivity contribution in [1.29, 1.82) is 0 Å². The molecular weight excluding hydrogens is 300 g/mol. The van der Waals surface area contributed by atoms with Crippen molar-refractivity contribution in [2.75, 3.05) is 53.0 Å². The Balaban J connectivity index is 1.57. The van der Waals surface area contributed by atoms with Gasteiger partial charge in [-0.1, -0.05) is 12.8 Å². The van der Waals surface area contributed by atoms with Gasteiger partial charge in [-0.3, -0.25) is 9.89 Å². The van der Waals surface area contributed by atoms with Crippen molar-refractivity contribution < 1.29 is 4.74 Å². The minimum Gasteiger partial charge on any atom is -0.383 e. The number of guanidine groups is 1. The van der Waals surface area contributed by atoms with Crippen LogP contribution in [0.5, 0.6) is 0 Å². The lowest BCUT2D eigenvalue weighted by molar-refractivity contribution is 0.142. The van der Waals surface area contributed by atoms with Gasteiger partial charge in [0, 0.05) is 39.3 Å². The van der Waals surface area contributed by atoms with Crippen molar-refractivity contribution >= 4 is 5.96 Å². The number of methoxy groups -OCH3 is 1. The third-order valence-corrected chi connectivity index (χ3v) is 6.14. The molecule has 3 rings (SSSR count). The van der Waals surface area contributed by atoms with Gasteiger partial charge in [-0.05, 0) is 51.0 Å². The van der Waals surface area contributed by atoms with Gasteiger partial charge in [-0.2, -0.15) is 0 Å². The van der Waals surface area contributed by atoms with Crippen LogP contribution in [0.25, 0.3) is 0 Å². The molecule has 3 aliphatic rings. The summed E-state index contributed by atoms with van der Waals surface area (Å²) in [6, 6.07) is 0.596. The van der Waals surface area contributed by atoms with E-state index in [1.807, 2.05) is 0 Å². The van der Waals surface area contributed by atoms with Gasteiger partial charge in [0.1, 0.15) is 0 Å². The SMILES string of the molecule is CCNC(=NCC1CCCN1CCOC)N1CC2CCCCC2C1. The molecule has 1 saturated carbocycles. The number of hydrogen-bond acceptors (Lipinski definition) is 3. The molecule has 2 saturated heterocycles. The van der Waals surface area contributed by atoms with Crippen LogP contribution in [0.15, 0.2) is 4.99 Å². The molecule has 0 aromatic carbocycles. The third kappa shape index (κ3) is 4.42.